The lowest BCUT2D eigenvalue weighted by Crippen LogP contribution is -2.07. The number of anilines is 1. The van der Waals surface area contributed by atoms with Crippen molar-refractivity contribution in [1.29, 1.82) is 0 Å². The molecule has 1 aromatic heterocycles. The molecular weight excluding hydrogens is 262 g/mol. The van der Waals surface area contributed by atoms with Gasteiger partial charge in [-0.1, -0.05) is 6.07 Å². The Labute approximate surface area is 115 Å². The molecule has 1 heterocycles. The lowest BCUT2D eigenvalue weighted by molar-refractivity contribution is 0.0689. The summed E-state index contributed by atoms with van der Waals surface area (Å²) in [5.74, 6) is 0.394. The van der Waals surface area contributed by atoms with Crippen LogP contribution >= 0.6 is 0 Å². The van der Waals surface area contributed by atoms with Crippen LogP contribution in [0.25, 0.3) is 0 Å². The molecule has 0 saturated carbocycles. The van der Waals surface area contributed by atoms with Gasteiger partial charge in [0.2, 0.25) is 0 Å². The Morgan fingerprint density at radius 1 is 1.30 bits per heavy atom. The summed E-state index contributed by atoms with van der Waals surface area (Å²) in [6.45, 7) is 0.347. The van der Waals surface area contributed by atoms with Crippen molar-refractivity contribution in [3.05, 3.63) is 35.5 Å². The Morgan fingerprint density at radius 3 is 2.55 bits per heavy atom. The number of aromatic nitrogens is 2. The van der Waals surface area contributed by atoms with Gasteiger partial charge < -0.3 is 20.3 Å². The smallest absolute Gasteiger partial charge is 0.356 e. The molecule has 0 radical (unpaired) electrons. The van der Waals surface area contributed by atoms with Crippen molar-refractivity contribution in [1.82, 2.24) is 9.78 Å². The number of nitrogen functional groups attached to an aromatic ring is 1. The van der Waals surface area contributed by atoms with E-state index in [9.17, 15) is 4.79 Å². The number of aromatic carboxylic acids is 1. The molecule has 0 atom stereocenters. The zero-order valence-electron chi connectivity index (χ0n) is 11.2. The van der Waals surface area contributed by atoms with Crippen molar-refractivity contribution in [2.45, 2.75) is 6.54 Å². The third-order valence-corrected chi connectivity index (χ3v) is 2.81. The summed E-state index contributed by atoms with van der Waals surface area (Å²) in [6.07, 6.45) is 0. The van der Waals surface area contributed by atoms with Gasteiger partial charge in [0.25, 0.3) is 0 Å². The molecule has 20 heavy (non-hydrogen) atoms. The molecule has 0 saturated heterocycles. The van der Waals surface area contributed by atoms with Crippen LogP contribution in [-0.2, 0) is 6.54 Å². The Kier molecular flexibility index (Phi) is 3.79. The number of carboxylic acids is 1. The summed E-state index contributed by atoms with van der Waals surface area (Å²) in [4.78, 5) is 10.8. The average molecular weight is 277 g/mol. The highest BCUT2D eigenvalue weighted by molar-refractivity contribution is 5.86. The first kappa shape index (κ1) is 13.7. The van der Waals surface area contributed by atoms with Gasteiger partial charge >= 0.3 is 5.97 Å². The number of ether oxygens (including phenoxy) is 2. The quantitative estimate of drug-likeness (QED) is 0.852. The fourth-order valence-corrected chi connectivity index (χ4v) is 1.81. The maximum atomic E-state index is 10.8. The number of nitrogens with zero attached hydrogens (tertiary/aromatic N) is 2. The van der Waals surface area contributed by atoms with Crippen molar-refractivity contribution in [2.75, 3.05) is 20.0 Å². The number of carbonyl (C=O) groups is 1. The van der Waals surface area contributed by atoms with Gasteiger partial charge in [-0.2, -0.15) is 5.10 Å². The predicted octanol–water partition coefficient (Wildman–Crippen LogP) is 1.23. The summed E-state index contributed by atoms with van der Waals surface area (Å²) in [7, 11) is 3.11. The van der Waals surface area contributed by atoms with Crippen LogP contribution in [-0.4, -0.2) is 35.1 Å². The largest absolute Gasteiger partial charge is 0.493 e. The molecule has 0 aliphatic rings. The summed E-state index contributed by atoms with van der Waals surface area (Å²) < 4.78 is 11.8. The molecule has 3 N–H and O–H groups in total. The first-order chi connectivity index (χ1) is 9.55. The third kappa shape index (κ3) is 2.66. The van der Waals surface area contributed by atoms with Crippen molar-refractivity contribution >= 4 is 11.8 Å². The van der Waals surface area contributed by atoms with Gasteiger partial charge in [-0.15, -0.1) is 0 Å². The highest BCUT2D eigenvalue weighted by Crippen LogP contribution is 2.28. The first-order valence-corrected chi connectivity index (χ1v) is 5.82. The zero-order chi connectivity index (χ0) is 14.7. The number of hydrogen-bond acceptors (Lipinski definition) is 5. The maximum absolute atomic E-state index is 10.8. The van der Waals surface area contributed by atoms with Gasteiger partial charge in [0.1, 0.15) is 5.82 Å². The fraction of sp³-hybridized carbons (Fsp3) is 0.231. The van der Waals surface area contributed by atoms with Crippen molar-refractivity contribution in [2.24, 2.45) is 0 Å². The van der Waals surface area contributed by atoms with Gasteiger partial charge in [0, 0.05) is 6.07 Å². The average Bonchev–Trinajstić information content (AvgIpc) is 2.80. The topological polar surface area (TPSA) is 99.6 Å². The molecule has 0 bridgehead atoms. The van der Waals surface area contributed by atoms with E-state index in [0.717, 1.165) is 5.56 Å². The molecule has 0 spiro atoms. The second kappa shape index (κ2) is 5.52. The van der Waals surface area contributed by atoms with E-state index in [0.29, 0.717) is 18.0 Å². The SMILES string of the molecule is COc1ccc(Cn2nc(C(=O)O)cc2N)cc1OC. The summed E-state index contributed by atoms with van der Waals surface area (Å²) in [6, 6.07) is 6.72. The summed E-state index contributed by atoms with van der Waals surface area (Å²) in [5.41, 5.74) is 6.52. The molecule has 2 aromatic rings. The summed E-state index contributed by atoms with van der Waals surface area (Å²) >= 11 is 0. The number of benzene rings is 1. The minimum absolute atomic E-state index is 0.0806. The lowest BCUT2D eigenvalue weighted by Gasteiger charge is -2.10. The highest BCUT2D eigenvalue weighted by atomic mass is 16.5. The number of nitrogens with two attached hydrogens (primary N) is 1. The maximum Gasteiger partial charge on any atom is 0.356 e. The van der Waals surface area contributed by atoms with Crippen LogP contribution in [0.3, 0.4) is 0 Å². The van der Waals surface area contributed by atoms with Crippen LogP contribution in [0.5, 0.6) is 11.5 Å². The molecule has 7 nitrogen and oxygen atoms in total. The van der Waals surface area contributed by atoms with Crippen LogP contribution in [0, 0.1) is 0 Å². The van der Waals surface area contributed by atoms with Gasteiger partial charge in [-0.3, -0.25) is 0 Å². The predicted molar refractivity (Wildman–Crippen MR) is 72.2 cm³/mol. The van der Waals surface area contributed by atoms with Gasteiger partial charge in [0.15, 0.2) is 17.2 Å². The second-order valence-electron chi connectivity index (χ2n) is 4.11. The van der Waals surface area contributed by atoms with Crippen LogP contribution in [0.15, 0.2) is 24.3 Å². The van der Waals surface area contributed by atoms with Crippen LogP contribution in [0.1, 0.15) is 16.1 Å². The molecule has 0 aliphatic carbocycles. The van der Waals surface area contributed by atoms with Crippen molar-refractivity contribution in [3.8, 4) is 11.5 Å². The zero-order valence-corrected chi connectivity index (χ0v) is 11.2. The van der Waals surface area contributed by atoms with E-state index in [-0.39, 0.29) is 11.5 Å². The summed E-state index contributed by atoms with van der Waals surface area (Å²) in [5, 5.41) is 12.8. The number of hydrogen-bond donors (Lipinski definition) is 2. The van der Waals surface area contributed by atoms with Crippen molar-refractivity contribution in [3.63, 3.8) is 0 Å². The fourth-order valence-electron chi connectivity index (χ4n) is 1.81. The molecule has 106 valence electrons. The molecule has 1 aromatic carbocycles. The Bertz CT molecular complexity index is 637. The second-order valence-corrected chi connectivity index (χ2v) is 4.11. The normalized spacial score (nSPS) is 10.3. The van der Waals surface area contributed by atoms with E-state index >= 15 is 0 Å². The van der Waals surface area contributed by atoms with E-state index in [1.807, 2.05) is 6.07 Å². The molecular formula is C13H15N3O4. The Hall–Kier alpha value is -2.70. The van der Waals surface area contributed by atoms with Gasteiger partial charge in [-0.25, -0.2) is 9.48 Å². The van der Waals surface area contributed by atoms with Gasteiger partial charge in [-0.05, 0) is 17.7 Å². The molecule has 0 unspecified atom stereocenters. The monoisotopic (exact) mass is 277 g/mol. The Balaban J connectivity index is 2.28. The third-order valence-electron chi connectivity index (χ3n) is 2.81. The van der Waals surface area contributed by atoms with E-state index in [4.69, 9.17) is 20.3 Å². The lowest BCUT2D eigenvalue weighted by atomic mass is 10.2. The minimum Gasteiger partial charge on any atom is -0.493 e. The van der Waals surface area contributed by atoms with Crippen molar-refractivity contribution < 1.29 is 19.4 Å². The van der Waals surface area contributed by atoms with E-state index < -0.39 is 5.97 Å². The van der Waals surface area contributed by atoms with E-state index in [1.165, 1.54) is 10.7 Å². The molecule has 2 rings (SSSR count). The molecule has 7 heteroatoms. The van der Waals surface area contributed by atoms with Crippen LogP contribution in [0.4, 0.5) is 5.82 Å². The van der Waals surface area contributed by atoms with Crippen LogP contribution < -0.4 is 15.2 Å². The van der Waals surface area contributed by atoms with Crippen LogP contribution in [0.2, 0.25) is 0 Å². The molecule has 0 fully saturated rings. The molecule has 0 amide bonds. The first-order valence-electron chi connectivity index (χ1n) is 5.82. The minimum atomic E-state index is -1.11. The number of carboxylic acid groups (broad SMARTS) is 1. The van der Waals surface area contributed by atoms with E-state index in [2.05, 4.69) is 5.10 Å². The Morgan fingerprint density at radius 2 is 2.00 bits per heavy atom. The molecule has 0 aliphatic heterocycles. The highest BCUT2D eigenvalue weighted by Gasteiger charge is 2.12. The van der Waals surface area contributed by atoms with Gasteiger partial charge in [0.05, 0.1) is 20.8 Å². The number of rotatable bonds is 5. The van der Waals surface area contributed by atoms with E-state index in [1.54, 1.807) is 26.4 Å². The number of methoxy groups -OCH3 is 2. The standard InChI is InChI=1S/C13H15N3O4/c1-19-10-4-3-8(5-11(10)20-2)7-16-12(14)6-9(15-16)13(17)18/h3-6H,7,14H2,1-2H3,(H,17,18).